The van der Waals surface area contributed by atoms with E-state index in [2.05, 4.69) is 27.0 Å². The van der Waals surface area contributed by atoms with Crippen LogP contribution in [0, 0.1) is 19.7 Å². The Labute approximate surface area is 207 Å². The van der Waals surface area contributed by atoms with Gasteiger partial charge in [-0.15, -0.1) is 0 Å². The van der Waals surface area contributed by atoms with Gasteiger partial charge in [0.15, 0.2) is 5.82 Å². The van der Waals surface area contributed by atoms with Crippen molar-refractivity contribution < 1.29 is 9.13 Å². The van der Waals surface area contributed by atoms with Crippen molar-refractivity contribution in [3.63, 3.8) is 0 Å². The van der Waals surface area contributed by atoms with Crippen LogP contribution >= 0.6 is 0 Å². The zero-order valence-electron chi connectivity index (χ0n) is 20.2. The molecule has 5 heterocycles. The zero-order valence-corrected chi connectivity index (χ0v) is 20.2. The van der Waals surface area contributed by atoms with Crippen LogP contribution in [0.5, 0.6) is 0 Å². The standard InChI is InChI=1S/C26H25FN8O/c1-15-14-36-9-8-34(15)24-12-23(25-16(2)33-35(17(25)3)19-4-7-29-30-13-19)31-26(32-24)21-10-18(27)11-22-20(21)5-6-28-22/h4-7,10-13,15,28H,8-9,14H2,1-3H3/t15-/m1/s1. The molecule has 182 valence electrons. The van der Waals surface area contributed by atoms with Gasteiger partial charge in [0.1, 0.15) is 11.6 Å². The Kier molecular flexibility index (Phi) is 5.45. The molecule has 10 heteroatoms. The fourth-order valence-electron chi connectivity index (χ4n) is 4.89. The number of hydrogen-bond acceptors (Lipinski definition) is 7. The van der Waals surface area contributed by atoms with Gasteiger partial charge in [0.05, 0.1) is 54.4 Å². The molecule has 6 rings (SSSR count). The Bertz CT molecular complexity index is 1560. The van der Waals surface area contributed by atoms with Gasteiger partial charge in [0.25, 0.3) is 0 Å². The third kappa shape index (κ3) is 3.79. The topological polar surface area (TPSA) is 97.6 Å². The van der Waals surface area contributed by atoms with E-state index in [0.29, 0.717) is 36.7 Å². The van der Waals surface area contributed by atoms with Crippen LogP contribution in [0.25, 0.3) is 39.2 Å². The van der Waals surface area contributed by atoms with Crippen LogP contribution in [-0.2, 0) is 4.74 Å². The van der Waals surface area contributed by atoms with Crippen LogP contribution in [0.4, 0.5) is 10.2 Å². The van der Waals surface area contributed by atoms with E-state index in [1.807, 2.05) is 36.7 Å². The quantitative estimate of drug-likeness (QED) is 0.407. The molecule has 9 nitrogen and oxygen atoms in total. The maximum atomic E-state index is 14.6. The predicted molar refractivity (Wildman–Crippen MR) is 135 cm³/mol. The number of halogens is 1. The van der Waals surface area contributed by atoms with Gasteiger partial charge < -0.3 is 14.6 Å². The summed E-state index contributed by atoms with van der Waals surface area (Å²) in [6.07, 6.45) is 5.10. The normalized spacial score (nSPS) is 16.1. The van der Waals surface area contributed by atoms with Crippen molar-refractivity contribution in [2.45, 2.75) is 26.8 Å². The number of aryl methyl sites for hydroxylation is 1. The summed E-state index contributed by atoms with van der Waals surface area (Å²) < 4.78 is 22.1. The highest BCUT2D eigenvalue weighted by Gasteiger charge is 2.25. The number of aromatic nitrogens is 7. The first-order valence-corrected chi connectivity index (χ1v) is 11.8. The largest absolute Gasteiger partial charge is 0.377 e. The van der Waals surface area contributed by atoms with Crippen LogP contribution < -0.4 is 4.90 Å². The van der Waals surface area contributed by atoms with E-state index in [1.165, 1.54) is 12.1 Å². The second-order valence-corrected chi connectivity index (χ2v) is 9.00. The second-order valence-electron chi connectivity index (χ2n) is 9.00. The summed E-state index contributed by atoms with van der Waals surface area (Å²) in [4.78, 5) is 15.2. The molecule has 0 saturated carbocycles. The van der Waals surface area contributed by atoms with Crippen molar-refractivity contribution in [1.29, 1.82) is 0 Å². The number of nitrogens with zero attached hydrogens (tertiary/aromatic N) is 7. The summed E-state index contributed by atoms with van der Waals surface area (Å²) in [5, 5.41) is 13.5. The average molecular weight is 485 g/mol. The van der Waals surface area contributed by atoms with Gasteiger partial charge in [0.2, 0.25) is 0 Å². The predicted octanol–water partition coefficient (Wildman–Crippen LogP) is 4.25. The van der Waals surface area contributed by atoms with Crippen LogP contribution in [0.2, 0.25) is 0 Å². The lowest BCUT2D eigenvalue weighted by atomic mass is 10.1. The Morgan fingerprint density at radius 2 is 2.00 bits per heavy atom. The second kappa shape index (κ2) is 8.80. The Morgan fingerprint density at radius 1 is 1.11 bits per heavy atom. The summed E-state index contributed by atoms with van der Waals surface area (Å²) >= 11 is 0. The van der Waals surface area contributed by atoms with E-state index in [9.17, 15) is 4.39 Å². The Morgan fingerprint density at radius 3 is 2.81 bits per heavy atom. The van der Waals surface area contributed by atoms with Crippen molar-refractivity contribution >= 4 is 16.7 Å². The van der Waals surface area contributed by atoms with E-state index < -0.39 is 0 Å². The minimum absolute atomic E-state index is 0.141. The summed E-state index contributed by atoms with van der Waals surface area (Å²) in [5.41, 5.74) is 5.51. The lowest BCUT2D eigenvalue weighted by Gasteiger charge is -2.34. The molecule has 1 N–H and O–H groups in total. The lowest BCUT2D eigenvalue weighted by molar-refractivity contribution is 0.0985. The summed E-state index contributed by atoms with van der Waals surface area (Å²) in [6, 6.07) is 8.88. The molecule has 0 amide bonds. The van der Waals surface area contributed by atoms with Gasteiger partial charge in [-0.05, 0) is 45.0 Å². The van der Waals surface area contributed by atoms with Gasteiger partial charge in [-0.3, -0.25) is 0 Å². The van der Waals surface area contributed by atoms with E-state index in [0.717, 1.165) is 39.5 Å². The van der Waals surface area contributed by atoms with E-state index in [-0.39, 0.29) is 11.9 Å². The summed E-state index contributed by atoms with van der Waals surface area (Å²) in [5.74, 6) is 0.888. The molecular weight excluding hydrogens is 459 g/mol. The third-order valence-corrected chi connectivity index (χ3v) is 6.61. The Hall–Kier alpha value is -4.18. The molecule has 1 aromatic carbocycles. The van der Waals surface area contributed by atoms with E-state index >= 15 is 0 Å². The van der Waals surface area contributed by atoms with Gasteiger partial charge in [-0.2, -0.15) is 15.3 Å². The third-order valence-electron chi connectivity index (χ3n) is 6.61. The van der Waals surface area contributed by atoms with Gasteiger partial charge in [0, 0.05) is 40.8 Å². The highest BCUT2D eigenvalue weighted by Crippen LogP contribution is 2.34. The summed E-state index contributed by atoms with van der Waals surface area (Å²) in [6.45, 7) is 8.01. The average Bonchev–Trinajstić information content (AvgIpc) is 3.47. The molecule has 0 radical (unpaired) electrons. The minimum Gasteiger partial charge on any atom is -0.377 e. The maximum absolute atomic E-state index is 14.6. The molecule has 0 spiro atoms. The van der Waals surface area contributed by atoms with Crippen molar-refractivity contribution in [2.75, 3.05) is 24.7 Å². The monoisotopic (exact) mass is 484 g/mol. The van der Waals surface area contributed by atoms with Crippen LogP contribution in [-0.4, -0.2) is 60.7 Å². The highest BCUT2D eigenvalue weighted by molar-refractivity contribution is 5.94. The number of aromatic amines is 1. The van der Waals surface area contributed by atoms with Crippen LogP contribution in [0.1, 0.15) is 18.3 Å². The van der Waals surface area contributed by atoms with E-state index in [1.54, 1.807) is 18.6 Å². The molecule has 1 aliphatic heterocycles. The molecule has 1 fully saturated rings. The first-order valence-electron chi connectivity index (χ1n) is 11.8. The minimum atomic E-state index is -0.347. The maximum Gasteiger partial charge on any atom is 0.162 e. The number of hydrogen-bond donors (Lipinski definition) is 1. The Balaban J connectivity index is 1.57. The van der Waals surface area contributed by atoms with Crippen molar-refractivity contribution in [2.24, 2.45) is 0 Å². The smallest absolute Gasteiger partial charge is 0.162 e. The molecule has 5 aromatic rings. The van der Waals surface area contributed by atoms with Gasteiger partial charge in [-0.25, -0.2) is 19.0 Å². The molecule has 1 atom stereocenters. The highest BCUT2D eigenvalue weighted by atomic mass is 19.1. The molecule has 1 saturated heterocycles. The van der Waals surface area contributed by atoms with Gasteiger partial charge >= 0.3 is 0 Å². The molecule has 0 bridgehead atoms. The van der Waals surface area contributed by atoms with Crippen LogP contribution in [0.3, 0.4) is 0 Å². The van der Waals surface area contributed by atoms with E-state index in [4.69, 9.17) is 19.8 Å². The summed E-state index contributed by atoms with van der Waals surface area (Å²) in [7, 11) is 0. The SMILES string of the molecule is Cc1nn(-c2ccnnc2)c(C)c1-c1cc(N2CCOC[C@H]2C)nc(-c2cc(F)cc3[nH]ccc23)n1. The molecule has 4 aromatic heterocycles. The lowest BCUT2D eigenvalue weighted by Crippen LogP contribution is -2.44. The molecule has 0 unspecified atom stereocenters. The number of ether oxygens (including phenoxy) is 1. The molecule has 1 aliphatic rings. The molecular formula is C26H25FN8O. The number of benzene rings is 1. The fraction of sp³-hybridized carbons (Fsp3) is 0.269. The molecule has 0 aliphatic carbocycles. The zero-order chi connectivity index (χ0) is 24.8. The number of H-pyrrole nitrogens is 1. The molecule has 36 heavy (non-hydrogen) atoms. The first kappa shape index (κ1) is 22.3. The fourth-order valence-corrected chi connectivity index (χ4v) is 4.89. The van der Waals surface area contributed by atoms with Crippen LogP contribution in [0.15, 0.2) is 48.9 Å². The number of morpholine rings is 1. The van der Waals surface area contributed by atoms with Crippen molar-refractivity contribution in [3.05, 3.63) is 66.1 Å². The number of anilines is 1. The van der Waals surface area contributed by atoms with Gasteiger partial charge in [-0.1, -0.05) is 0 Å². The van der Waals surface area contributed by atoms with Crippen molar-refractivity contribution in [3.8, 4) is 28.3 Å². The number of fused-ring (bicyclic) bond motifs is 1. The number of nitrogens with one attached hydrogen (secondary N) is 1. The first-order chi connectivity index (χ1) is 17.5. The number of rotatable bonds is 4. The van der Waals surface area contributed by atoms with Crippen molar-refractivity contribution in [1.82, 2.24) is 34.9 Å².